The predicted molar refractivity (Wildman–Crippen MR) is 75.9 cm³/mol. The quantitative estimate of drug-likeness (QED) is 0.826. The number of pyridine rings is 1. The monoisotopic (exact) mass is 262 g/mol. The molecule has 0 bridgehead atoms. The number of hydrogen-bond donors (Lipinski definition) is 1. The van der Waals surface area contributed by atoms with Gasteiger partial charge in [0.05, 0.1) is 5.56 Å². The molecule has 2 N–H and O–H groups in total. The van der Waals surface area contributed by atoms with Crippen LogP contribution in [0, 0.1) is 0 Å². The van der Waals surface area contributed by atoms with Crippen LogP contribution in [0.4, 0.5) is 5.82 Å². The van der Waals surface area contributed by atoms with Crippen molar-refractivity contribution in [1.82, 2.24) is 14.8 Å². The van der Waals surface area contributed by atoms with Crippen molar-refractivity contribution in [3.05, 3.63) is 23.9 Å². The van der Waals surface area contributed by atoms with Crippen molar-refractivity contribution in [1.29, 1.82) is 0 Å². The Morgan fingerprint density at radius 1 is 1.26 bits per heavy atom. The summed E-state index contributed by atoms with van der Waals surface area (Å²) in [6.07, 6.45) is 1.60. The number of anilines is 1. The van der Waals surface area contributed by atoms with Crippen LogP contribution in [0.5, 0.6) is 0 Å². The molecule has 0 spiro atoms. The molecule has 1 aliphatic rings. The SMILES string of the molecule is CC(C)(C)N1CCN(C(=O)c2cccnc2N)CC1. The van der Waals surface area contributed by atoms with Crippen LogP contribution in [0.15, 0.2) is 18.3 Å². The van der Waals surface area contributed by atoms with Crippen LogP contribution in [0.25, 0.3) is 0 Å². The summed E-state index contributed by atoms with van der Waals surface area (Å²) in [7, 11) is 0. The van der Waals surface area contributed by atoms with E-state index in [2.05, 4.69) is 30.7 Å². The molecule has 1 amide bonds. The van der Waals surface area contributed by atoms with Crippen molar-refractivity contribution >= 4 is 11.7 Å². The molecule has 2 heterocycles. The highest BCUT2D eigenvalue weighted by Gasteiger charge is 2.28. The summed E-state index contributed by atoms with van der Waals surface area (Å²) in [5.74, 6) is 0.296. The van der Waals surface area contributed by atoms with E-state index in [0.29, 0.717) is 11.4 Å². The van der Waals surface area contributed by atoms with Crippen molar-refractivity contribution in [3.63, 3.8) is 0 Å². The molecule has 1 fully saturated rings. The van der Waals surface area contributed by atoms with Crippen LogP contribution in [0.1, 0.15) is 31.1 Å². The Kier molecular flexibility index (Phi) is 3.75. The van der Waals surface area contributed by atoms with E-state index in [1.807, 2.05) is 4.90 Å². The maximum atomic E-state index is 12.4. The van der Waals surface area contributed by atoms with E-state index in [-0.39, 0.29) is 11.4 Å². The molecule has 0 atom stereocenters. The van der Waals surface area contributed by atoms with Gasteiger partial charge in [-0.1, -0.05) is 0 Å². The molecule has 1 saturated heterocycles. The van der Waals surface area contributed by atoms with Gasteiger partial charge in [-0.2, -0.15) is 0 Å². The average molecular weight is 262 g/mol. The standard InChI is InChI=1S/C14H22N4O/c1-14(2,3)18-9-7-17(8-10-18)13(19)11-5-4-6-16-12(11)15/h4-6H,7-10H2,1-3H3,(H2,15,16). The number of carbonyl (C=O) groups is 1. The predicted octanol–water partition coefficient (Wildman–Crippen LogP) is 1.22. The van der Waals surface area contributed by atoms with Crippen LogP contribution in [0.2, 0.25) is 0 Å². The molecule has 0 aliphatic carbocycles. The molecule has 0 radical (unpaired) electrons. The Morgan fingerprint density at radius 3 is 2.42 bits per heavy atom. The van der Waals surface area contributed by atoms with E-state index in [4.69, 9.17) is 5.73 Å². The van der Waals surface area contributed by atoms with Crippen molar-refractivity contribution in [2.45, 2.75) is 26.3 Å². The number of piperazine rings is 1. The molecule has 19 heavy (non-hydrogen) atoms. The van der Waals surface area contributed by atoms with Gasteiger partial charge in [-0.25, -0.2) is 4.98 Å². The fraction of sp³-hybridized carbons (Fsp3) is 0.571. The third kappa shape index (κ3) is 3.04. The molecule has 104 valence electrons. The lowest BCUT2D eigenvalue weighted by molar-refractivity contribution is 0.0451. The number of nitrogens with two attached hydrogens (primary N) is 1. The number of aromatic nitrogens is 1. The Morgan fingerprint density at radius 2 is 1.89 bits per heavy atom. The highest BCUT2D eigenvalue weighted by molar-refractivity contribution is 5.98. The molecule has 1 aromatic rings. The van der Waals surface area contributed by atoms with Crippen LogP contribution < -0.4 is 5.73 Å². The van der Waals surface area contributed by atoms with Gasteiger partial charge < -0.3 is 10.6 Å². The molecule has 5 heteroatoms. The maximum absolute atomic E-state index is 12.4. The first-order chi connectivity index (χ1) is 8.89. The van der Waals surface area contributed by atoms with Gasteiger partial charge in [0.1, 0.15) is 5.82 Å². The van der Waals surface area contributed by atoms with Crippen LogP contribution in [-0.2, 0) is 0 Å². The molecular formula is C14H22N4O. The number of rotatable bonds is 1. The third-order valence-electron chi connectivity index (χ3n) is 3.58. The second-order valence-corrected chi connectivity index (χ2v) is 5.89. The van der Waals surface area contributed by atoms with E-state index in [1.165, 1.54) is 0 Å². The number of hydrogen-bond acceptors (Lipinski definition) is 4. The second-order valence-electron chi connectivity index (χ2n) is 5.89. The van der Waals surface area contributed by atoms with Crippen LogP contribution in [-0.4, -0.2) is 52.4 Å². The highest BCUT2D eigenvalue weighted by Crippen LogP contribution is 2.18. The zero-order chi connectivity index (χ0) is 14.0. The molecule has 0 unspecified atom stereocenters. The first-order valence-corrected chi connectivity index (χ1v) is 6.64. The summed E-state index contributed by atoms with van der Waals surface area (Å²) >= 11 is 0. The number of nitrogen functional groups attached to an aromatic ring is 1. The Hall–Kier alpha value is -1.62. The minimum absolute atomic E-state index is 0.0147. The van der Waals surface area contributed by atoms with Gasteiger partial charge in [-0.3, -0.25) is 9.69 Å². The first kappa shape index (κ1) is 13.8. The van der Waals surface area contributed by atoms with Gasteiger partial charge in [0.15, 0.2) is 0 Å². The summed E-state index contributed by atoms with van der Waals surface area (Å²) in [6.45, 7) is 9.87. The summed E-state index contributed by atoms with van der Waals surface area (Å²) in [5, 5.41) is 0. The van der Waals surface area contributed by atoms with Crippen molar-refractivity contribution in [2.75, 3.05) is 31.9 Å². The fourth-order valence-electron chi connectivity index (χ4n) is 2.35. The van der Waals surface area contributed by atoms with Crippen molar-refractivity contribution in [2.24, 2.45) is 0 Å². The lowest BCUT2D eigenvalue weighted by Gasteiger charge is -2.42. The second kappa shape index (κ2) is 5.17. The minimum atomic E-state index is -0.0147. The van der Waals surface area contributed by atoms with Crippen LogP contribution >= 0.6 is 0 Å². The van der Waals surface area contributed by atoms with Crippen molar-refractivity contribution in [3.8, 4) is 0 Å². The highest BCUT2D eigenvalue weighted by atomic mass is 16.2. The van der Waals surface area contributed by atoms with Gasteiger partial charge in [-0.15, -0.1) is 0 Å². The maximum Gasteiger partial charge on any atom is 0.257 e. The lowest BCUT2D eigenvalue weighted by Crippen LogP contribution is -2.54. The Bertz CT molecular complexity index is 459. The fourth-order valence-corrected chi connectivity index (χ4v) is 2.35. The van der Waals surface area contributed by atoms with E-state index < -0.39 is 0 Å². The molecule has 0 saturated carbocycles. The lowest BCUT2D eigenvalue weighted by atomic mass is 10.0. The Balaban J connectivity index is 2.03. The van der Waals surface area contributed by atoms with E-state index in [0.717, 1.165) is 26.2 Å². The molecule has 2 rings (SSSR count). The van der Waals surface area contributed by atoms with E-state index in [1.54, 1.807) is 18.3 Å². The first-order valence-electron chi connectivity index (χ1n) is 6.64. The molecule has 0 aromatic carbocycles. The summed E-state index contributed by atoms with van der Waals surface area (Å²) in [5.41, 5.74) is 6.42. The zero-order valence-corrected chi connectivity index (χ0v) is 11.9. The Labute approximate surface area is 114 Å². The number of amides is 1. The van der Waals surface area contributed by atoms with Gasteiger partial charge in [0, 0.05) is 37.9 Å². The average Bonchev–Trinajstić information content (AvgIpc) is 2.38. The van der Waals surface area contributed by atoms with E-state index >= 15 is 0 Å². The third-order valence-corrected chi connectivity index (χ3v) is 3.58. The summed E-state index contributed by atoms with van der Waals surface area (Å²) in [4.78, 5) is 20.6. The van der Waals surface area contributed by atoms with Crippen molar-refractivity contribution < 1.29 is 4.79 Å². The molecule has 5 nitrogen and oxygen atoms in total. The van der Waals surface area contributed by atoms with Gasteiger partial charge >= 0.3 is 0 Å². The van der Waals surface area contributed by atoms with Gasteiger partial charge in [0.2, 0.25) is 0 Å². The van der Waals surface area contributed by atoms with E-state index in [9.17, 15) is 4.79 Å². The number of nitrogens with zero attached hydrogens (tertiary/aromatic N) is 3. The zero-order valence-electron chi connectivity index (χ0n) is 11.9. The van der Waals surface area contributed by atoms with Gasteiger partial charge in [-0.05, 0) is 32.9 Å². The topological polar surface area (TPSA) is 62.5 Å². The summed E-state index contributed by atoms with van der Waals surface area (Å²) < 4.78 is 0. The molecule has 1 aliphatic heterocycles. The number of carbonyl (C=O) groups excluding carboxylic acids is 1. The normalized spacial score (nSPS) is 17.5. The smallest absolute Gasteiger partial charge is 0.257 e. The minimum Gasteiger partial charge on any atom is -0.383 e. The molecular weight excluding hydrogens is 240 g/mol. The summed E-state index contributed by atoms with van der Waals surface area (Å²) in [6, 6.07) is 3.48. The molecule has 1 aromatic heterocycles. The van der Waals surface area contributed by atoms with Crippen LogP contribution in [0.3, 0.4) is 0 Å². The van der Waals surface area contributed by atoms with Gasteiger partial charge in [0.25, 0.3) is 5.91 Å². The largest absolute Gasteiger partial charge is 0.383 e.